The first-order valence-corrected chi connectivity index (χ1v) is 11.5. The molecule has 1 aromatic carbocycles. The number of alkyl halides is 3. The maximum atomic E-state index is 13.2. The van der Waals surface area contributed by atoms with Gasteiger partial charge in [-0.3, -0.25) is 9.59 Å². The second-order valence-electron chi connectivity index (χ2n) is 8.77. The van der Waals surface area contributed by atoms with Crippen LogP contribution in [0, 0.1) is 11.8 Å². The molecule has 1 fully saturated rings. The van der Waals surface area contributed by atoms with E-state index in [0.29, 0.717) is 25.9 Å². The van der Waals surface area contributed by atoms with Crippen LogP contribution < -0.4 is 5.32 Å². The van der Waals surface area contributed by atoms with Crippen molar-refractivity contribution in [1.82, 2.24) is 9.80 Å². The van der Waals surface area contributed by atoms with Crippen molar-refractivity contribution in [3.63, 3.8) is 0 Å². The molecule has 1 saturated heterocycles. The Morgan fingerprint density at radius 3 is 2.38 bits per heavy atom. The van der Waals surface area contributed by atoms with Crippen molar-refractivity contribution in [2.75, 3.05) is 32.0 Å². The van der Waals surface area contributed by atoms with Gasteiger partial charge in [0.25, 0.3) is 0 Å². The molecule has 2 amide bonds. The van der Waals surface area contributed by atoms with Crippen molar-refractivity contribution in [3.8, 4) is 0 Å². The lowest BCUT2D eigenvalue weighted by molar-refractivity contribution is -0.140. The summed E-state index contributed by atoms with van der Waals surface area (Å²) in [4.78, 5) is 29.3. The molecule has 5 nitrogen and oxygen atoms in total. The Morgan fingerprint density at radius 2 is 1.88 bits per heavy atom. The SMILES string of the molecule is CCCCN(C)C(=O)C1CCN(C(=O)[C@@H](Nc2ccc(C(F)(F)F)cc2Cl)C(C)C)CC1. The van der Waals surface area contributed by atoms with Crippen molar-refractivity contribution < 1.29 is 22.8 Å². The van der Waals surface area contributed by atoms with Gasteiger partial charge in [0.2, 0.25) is 11.8 Å². The van der Waals surface area contributed by atoms with Crippen LogP contribution in [0.25, 0.3) is 0 Å². The van der Waals surface area contributed by atoms with Crippen LogP contribution in [0.5, 0.6) is 0 Å². The quantitative estimate of drug-likeness (QED) is 0.555. The smallest absolute Gasteiger partial charge is 0.372 e. The summed E-state index contributed by atoms with van der Waals surface area (Å²) in [6.45, 7) is 7.51. The van der Waals surface area contributed by atoms with Crippen molar-refractivity contribution in [2.24, 2.45) is 11.8 Å². The summed E-state index contributed by atoms with van der Waals surface area (Å²) < 4.78 is 38.7. The summed E-state index contributed by atoms with van der Waals surface area (Å²) in [6, 6.07) is 2.43. The zero-order chi connectivity index (χ0) is 24.1. The van der Waals surface area contributed by atoms with E-state index in [1.165, 1.54) is 6.07 Å². The molecule has 180 valence electrons. The summed E-state index contributed by atoms with van der Waals surface area (Å²) in [5.74, 6) is -0.210. The van der Waals surface area contributed by atoms with Crippen LogP contribution in [-0.2, 0) is 15.8 Å². The minimum Gasteiger partial charge on any atom is -0.372 e. The molecule has 1 atom stereocenters. The summed E-state index contributed by atoms with van der Waals surface area (Å²) in [6.07, 6.45) is -1.29. The van der Waals surface area contributed by atoms with Crippen molar-refractivity contribution >= 4 is 29.1 Å². The predicted octanol–water partition coefficient (Wildman–Crippen LogP) is 5.29. The number of benzene rings is 1. The fraction of sp³-hybridized carbons (Fsp3) is 0.652. The Balaban J connectivity index is 2.02. The van der Waals surface area contributed by atoms with Gasteiger partial charge in [0, 0.05) is 32.6 Å². The molecule has 0 bridgehead atoms. The average Bonchev–Trinajstić information content (AvgIpc) is 2.74. The lowest BCUT2D eigenvalue weighted by atomic mass is 9.93. The van der Waals surface area contributed by atoms with E-state index < -0.39 is 17.8 Å². The van der Waals surface area contributed by atoms with Gasteiger partial charge >= 0.3 is 6.18 Å². The number of likely N-dealkylation sites (tertiary alicyclic amines) is 1. The molecule has 0 aliphatic carbocycles. The number of unbranched alkanes of at least 4 members (excludes halogenated alkanes) is 1. The number of rotatable bonds is 8. The van der Waals surface area contributed by atoms with Crippen LogP contribution in [-0.4, -0.2) is 54.3 Å². The number of piperidine rings is 1. The molecule has 0 aromatic heterocycles. The maximum absolute atomic E-state index is 13.2. The van der Waals surface area contributed by atoms with Crippen molar-refractivity contribution in [1.29, 1.82) is 0 Å². The molecule has 32 heavy (non-hydrogen) atoms. The zero-order valence-electron chi connectivity index (χ0n) is 19.1. The number of halogens is 4. The van der Waals surface area contributed by atoms with Gasteiger partial charge in [0.15, 0.2) is 0 Å². The van der Waals surface area contributed by atoms with E-state index in [4.69, 9.17) is 11.6 Å². The first kappa shape index (κ1) is 26.3. The highest BCUT2D eigenvalue weighted by Gasteiger charge is 2.34. The molecular formula is C23H33ClF3N3O2. The third-order valence-corrected chi connectivity index (χ3v) is 6.23. The third-order valence-electron chi connectivity index (χ3n) is 5.92. The van der Waals surface area contributed by atoms with Gasteiger partial charge in [-0.15, -0.1) is 0 Å². The van der Waals surface area contributed by atoms with Gasteiger partial charge in [-0.05, 0) is 43.4 Å². The average molecular weight is 476 g/mol. The number of carbonyl (C=O) groups excluding carboxylic acids is 2. The standard InChI is InChI=1S/C23H33ClF3N3O2/c1-5-6-11-29(4)21(31)16-9-12-30(13-10-16)22(32)20(15(2)3)28-19-8-7-17(14-18(19)24)23(25,26)27/h7-8,14-16,20,28H,5-6,9-13H2,1-4H3/t20-/m0/s1. The van der Waals surface area contributed by atoms with Crippen LogP contribution in [0.2, 0.25) is 5.02 Å². The van der Waals surface area contributed by atoms with Gasteiger partial charge in [0.1, 0.15) is 6.04 Å². The monoisotopic (exact) mass is 475 g/mol. The Hall–Kier alpha value is -1.96. The summed E-state index contributed by atoms with van der Waals surface area (Å²) >= 11 is 6.06. The van der Waals surface area contributed by atoms with Gasteiger partial charge in [0.05, 0.1) is 16.3 Å². The first-order chi connectivity index (χ1) is 15.0. The molecule has 0 saturated carbocycles. The zero-order valence-corrected chi connectivity index (χ0v) is 19.9. The van der Waals surface area contributed by atoms with E-state index in [-0.39, 0.29) is 34.4 Å². The van der Waals surface area contributed by atoms with E-state index >= 15 is 0 Å². The number of nitrogens with zero attached hydrogens (tertiary/aromatic N) is 2. The van der Waals surface area contributed by atoms with Crippen molar-refractivity contribution in [3.05, 3.63) is 28.8 Å². The van der Waals surface area contributed by atoms with Crippen LogP contribution >= 0.6 is 11.6 Å². The number of anilines is 1. The third kappa shape index (κ3) is 6.77. The minimum atomic E-state index is -4.48. The molecule has 1 aliphatic rings. The summed E-state index contributed by atoms with van der Waals surface area (Å²) in [7, 11) is 1.82. The van der Waals surface area contributed by atoms with Gasteiger partial charge in [-0.1, -0.05) is 38.8 Å². The Bertz CT molecular complexity index is 793. The predicted molar refractivity (Wildman–Crippen MR) is 121 cm³/mol. The Kier molecular flexibility index (Phi) is 9.25. The van der Waals surface area contributed by atoms with Crippen LogP contribution in [0.4, 0.5) is 18.9 Å². The van der Waals surface area contributed by atoms with E-state index in [1.54, 1.807) is 9.80 Å². The Labute approximate surface area is 193 Å². The van der Waals surface area contributed by atoms with E-state index in [1.807, 2.05) is 20.9 Å². The first-order valence-electron chi connectivity index (χ1n) is 11.1. The molecular weight excluding hydrogens is 443 g/mol. The van der Waals surface area contributed by atoms with E-state index in [2.05, 4.69) is 12.2 Å². The number of hydrogen-bond acceptors (Lipinski definition) is 3. The molecule has 1 aromatic rings. The molecule has 1 aliphatic heterocycles. The number of nitrogens with one attached hydrogen (secondary N) is 1. The second-order valence-corrected chi connectivity index (χ2v) is 9.18. The number of hydrogen-bond donors (Lipinski definition) is 1. The van der Waals surface area contributed by atoms with Gasteiger partial charge in [-0.25, -0.2) is 0 Å². The molecule has 9 heteroatoms. The van der Waals surface area contributed by atoms with Crippen molar-refractivity contribution in [2.45, 2.75) is 58.7 Å². The van der Waals surface area contributed by atoms with Crippen LogP contribution in [0.1, 0.15) is 52.0 Å². The molecule has 1 heterocycles. The maximum Gasteiger partial charge on any atom is 0.416 e. The van der Waals surface area contributed by atoms with E-state index in [0.717, 1.165) is 31.5 Å². The normalized spacial score (nSPS) is 16.2. The Morgan fingerprint density at radius 1 is 1.25 bits per heavy atom. The molecule has 2 rings (SSSR count). The highest BCUT2D eigenvalue weighted by atomic mass is 35.5. The number of carbonyl (C=O) groups is 2. The molecule has 0 unspecified atom stereocenters. The lowest BCUT2D eigenvalue weighted by Crippen LogP contribution is -2.50. The second kappa shape index (κ2) is 11.3. The fourth-order valence-electron chi connectivity index (χ4n) is 3.85. The molecule has 0 spiro atoms. The van der Waals surface area contributed by atoms with E-state index in [9.17, 15) is 22.8 Å². The van der Waals surface area contributed by atoms with Crippen LogP contribution in [0.3, 0.4) is 0 Å². The fourth-order valence-corrected chi connectivity index (χ4v) is 4.09. The largest absolute Gasteiger partial charge is 0.416 e. The highest BCUT2D eigenvalue weighted by Crippen LogP contribution is 2.34. The topological polar surface area (TPSA) is 52.7 Å². The molecule has 0 radical (unpaired) electrons. The van der Waals surface area contributed by atoms with Gasteiger partial charge < -0.3 is 15.1 Å². The lowest BCUT2D eigenvalue weighted by Gasteiger charge is -2.36. The minimum absolute atomic E-state index is 0.0855. The summed E-state index contributed by atoms with van der Waals surface area (Å²) in [5.41, 5.74) is -0.551. The highest BCUT2D eigenvalue weighted by molar-refractivity contribution is 6.33. The van der Waals surface area contributed by atoms with Gasteiger partial charge in [-0.2, -0.15) is 13.2 Å². The number of amides is 2. The van der Waals surface area contributed by atoms with Crippen LogP contribution in [0.15, 0.2) is 18.2 Å². The molecule has 1 N–H and O–H groups in total. The summed E-state index contributed by atoms with van der Waals surface area (Å²) in [5, 5.41) is 2.95.